The summed E-state index contributed by atoms with van der Waals surface area (Å²) in [5.74, 6) is 0.211. The van der Waals surface area contributed by atoms with E-state index in [1.165, 1.54) is 24.4 Å². The molecule has 1 aliphatic rings. The highest BCUT2D eigenvalue weighted by Gasteiger charge is 2.23. The summed E-state index contributed by atoms with van der Waals surface area (Å²) < 4.78 is 13.7. The fraction of sp³-hybridized carbons (Fsp3) is 0.333. The van der Waals surface area contributed by atoms with E-state index in [0.717, 1.165) is 30.2 Å². The van der Waals surface area contributed by atoms with Gasteiger partial charge in [-0.05, 0) is 43.2 Å². The number of hydrogen-bond donors (Lipinski definition) is 1. The molecule has 1 aliphatic carbocycles. The Kier molecular flexibility index (Phi) is 7.67. The minimum absolute atomic E-state index is 0.131. The van der Waals surface area contributed by atoms with Crippen molar-refractivity contribution in [3.05, 3.63) is 61.0 Å². The molecular weight excluding hydrogens is 570 g/mol. The highest BCUT2D eigenvalue weighted by Crippen LogP contribution is 2.35. The molecule has 3 aromatic rings. The van der Waals surface area contributed by atoms with Crippen molar-refractivity contribution in [1.29, 1.82) is 0 Å². The van der Waals surface area contributed by atoms with Crippen LogP contribution in [0.1, 0.15) is 49.4 Å². The van der Waals surface area contributed by atoms with Gasteiger partial charge in [0.15, 0.2) is 18.1 Å². The Hall–Kier alpha value is -2.72. The normalized spacial score (nSPS) is 14.6. The molecule has 1 aromatic heterocycles. The van der Waals surface area contributed by atoms with Crippen LogP contribution in [-0.2, 0) is 4.79 Å². The molecular formula is C24H23Br2N3O5. The summed E-state index contributed by atoms with van der Waals surface area (Å²) >= 11 is 6.85. The number of carbonyl (C=O) groups is 1. The summed E-state index contributed by atoms with van der Waals surface area (Å²) in [5, 5.41) is 14.1. The molecule has 1 fully saturated rings. The lowest BCUT2D eigenvalue weighted by Gasteiger charge is -2.22. The van der Waals surface area contributed by atoms with E-state index >= 15 is 0 Å². The summed E-state index contributed by atoms with van der Waals surface area (Å²) in [6.07, 6.45) is 6.71. The van der Waals surface area contributed by atoms with Gasteiger partial charge in [0.05, 0.1) is 24.2 Å². The smallest absolute Gasteiger partial charge is 0.341 e. The van der Waals surface area contributed by atoms with Crippen molar-refractivity contribution >= 4 is 54.9 Å². The monoisotopic (exact) mass is 591 g/mol. The maximum Gasteiger partial charge on any atom is 0.341 e. The summed E-state index contributed by atoms with van der Waals surface area (Å²) in [6.45, 7) is -0.544. The van der Waals surface area contributed by atoms with Crippen LogP contribution >= 0.6 is 31.9 Å². The molecule has 0 amide bonds. The second-order valence-electron chi connectivity index (χ2n) is 8.04. The standard InChI is InChI=1S/C24H23Br2N3O5/c1-33-20-11-17(26)9-15(22(20)34-13-21(30)31)12-27-29-23(14-5-3-2-4-6-14)28-19-8-7-16(25)10-18(19)24(29)32/h7-12,14H,2-6,13H2,1H3,(H,30,31). The van der Waals surface area contributed by atoms with Gasteiger partial charge in [-0.3, -0.25) is 4.79 Å². The number of aromatic nitrogens is 2. The van der Waals surface area contributed by atoms with Gasteiger partial charge in [-0.15, -0.1) is 0 Å². The number of ether oxygens (including phenoxy) is 2. The van der Waals surface area contributed by atoms with Crippen LogP contribution in [-0.4, -0.2) is 40.7 Å². The summed E-state index contributed by atoms with van der Waals surface area (Å²) in [4.78, 5) is 29.4. The molecule has 0 radical (unpaired) electrons. The first-order valence-corrected chi connectivity index (χ1v) is 12.4. The zero-order valence-corrected chi connectivity index (χ0v) is 21.6. The van der Waals surface area contributed by atoms with Crippen molar-refractivity contribution in [3.63, 3.8) is 0 Å². The maximum atomic E-state index is 13.5. The van der Waals surface area contributed by atoms with Crippen LogP contribution in [0.5, 0.6) is 11.5 Å². The van der Waals surface area contributed by atoms with E-state index < -0.39 is 12.6 Å². The lowest BCUT2D eigenvalue weighted by Crippen LogP contribution is -2.25. The minimum Gasteiger partial charge on any atom is -0.493 e. The molecule has 2 aromatic carbocycles. The van der Waals surface area contributed by atoms with Crippen LogP contribution in [0.2, 0.25) is 0 Å². The van der Waals surface area contributed by atoms with E-state index in [2.05, 4.69) is 37.0 Å². The first kappa shape index (κ1) is 24.4. The van der Waals surface area contributed by atoms with Gasteiger partial charge in [-0.25, -0.2) is 9.78 Å². The average molecular weight is 593 g/mol. The Morgan fingerprint density at radius 1 is 1.21 bits per heavy atom. The average Bonchev–Trinajstić information content (AvgIpc) is 2.83. The summed E-state index contributed by atoms with van der Waals surface area (Å²) in [6, 6.07) is 8.83. The quantitative estimate of drug-likeness (QED) is 0.372. The topological polar surface area (TPSA) is 103 Å². The van der Waals surface area contributed by atoms with Crippen LogP contribution in [0.15, 0.2) is 49.2 Å². The number of benzene rings is 2. The maximum absolute atomic E-state index is 13.5. The van der Waals surface area contributed by atoms with Gasteiger partial charge in [-0.2, -0.15) is 9.78 Å². The van der Waals surface area contributed by atoms with E-state index in [4.69, 9.17) is 19.6 Å². The van der Waals surface area contributed by atoms with Crippen molar-refractivity contribution in [2.24, 2.45) is 5.10 Å². The molecule has 0 aliphatic heterocycles. The summed E-state index contributed by atoms with van der Waals surface area (Å²) in [7, 11) is 1.47. The first-order chi connectivity index (χ1) is 16.4. The zero-order valence-electron chi connectivity index (χ0n) is 18.5. The van der Waals surface area contributed by atoms with Gasteiger partial charge in [0.1, 0.15) is 5.82 Å². The largest absolute Gasteiger partial charge is 0.493 e. The predicted molar refractivity (Wildman–Crippen MR) is 136 cm³/mol. The van der Waals surface area contributed by atoms with Gasteiger partial charge < -0.3 is 14.6 Å². The Bertz CT molecular complexity index is 1320. The molecule has 1 N–H and O–H groups in total. The fourth-order valence-corrected chi connectivity index (χ4v) is 4.96. The molecule has 0 saturated heterocycles. The number of hydrogen-bond acceptors (Lipinski definition) is 6. The van der Waals surface area contributed by atoms with E-state index in [-0.39, 0.29) is 17.2 Å². The molecule has 34 heavy (non-hydrogen) atoms. The Morgan fingerprint density at radius 3 is 2.68 bits per heavy atom. The number of aliphatic carboxylic acids is 1. The third kappa shape index (κ3) is 5.33. The summed E-state index contributed by atoms with van der Waals surface area (Å²) in [5.41, 5.74) is 0.830. The van der Waals surface area contributed by atoms with Gasteiger partial charge in [0.2, 0.25) is 0 Å². The van der Waals surface area contributed by atoms with Gasteiger partial charge in [-0.1, -0.05) is 51.1 Å². The number of rotatable bonds is 7. The van der Waals surface area contributed by atoms with Crippen LogP contribution in [0, 0.1) is 0 Å². The van der Waals surface area contributed by atoms with Crippen molar-refractivity contribution in [3.8, 4) is 11.5 Å². The van der Waals surface area contributed by atoms with E-state index in [1.807, 2.05) is 12.1 Å². The molecule has 0 spiro atoms. The zero-order chi connectivity index (χ0) is 24.2. The van der Waals surface area contributed by atoms with E-state index in [0.29, 0.717) is 32.5 Å². The Labute approximate surface area is 212 Å². The molecule has 1 saturated carbocycles. The van der Waals surface area contributed by atoms with Crippen LogP contribution in [0.4, 0.5) is 0 Å². The number of carboxylic acid groups (broad SMARTS) is 1. The molecule has 4 rings (SSSR count). The second-order valence-corrected chi connectivity index (χ2v) is 9.87. The van der Waals surface area contributed by atoms with Gasteiger partial charge in [0.25, 0.3) is 5.56 Å². The lowest BCUT2D eigenvalue weighted by molar-refractivity contribution is -0.139. The molecule has 1 heterocycles. The van der Waals surface area contributed by atoms with Crippen molar-refractivity contribution in [2.75, 3.05) is 13.7 Å². The highest BCUT2D eigenvalue weighted by atomic mass is 79.9. The molecule has 10 heteroatoms. The Morgan fingerprint density at radius 2 is 1.97 bits per heavy atom. The number of nitrogens with zero attached hydrogens (tertiary/aromatic N) is 3. The predicted octanol–water partition coefficient (Wildman–Crippen LogP) is 5.32. The lowest BCUT2D eigenvalue weighted by atomic mass is 9.88. The number of methoxy groups -OCH3 is 1. The van der Waals surface area contributed by atoms with Crippen molar-refractivity contribution in [1.82, 2.24) is 9.66 Å². The molecule has 8 nitrogen and oxygen atoms in total. The van der Waals surface area contributed by atoms with E-state index in [1.54, 1.807) is 18.2 Å². The highest BCUT2D eigenvalue weighted by molar-refractivity contribution is 9.10. The molecule has 178 valence electrons. The molecule has 0 unspecified atom stereocenters. The minimum atomic E-state index is -1.12. The van der Waals surface area contributed by atoms with Gasteiger partial charge in [0, 0.05) is 20.4 Å². The number of fused-ring (bicyclic) bond motifs is 1. The van der Waals surface area contributed by atoms with Gasteiger partial charge >= 0.3 is 5.97 Å². The van der Waals surface area contributed by atoms with Crippen LogP contribution in [0.25, 0.3) is 10.9 Å². The number of halogens is 2. The SMILES string of the molecule is COc1cc(Br)cc(C=Nn2c(C3CCCCC3)nc3ccc(Br)cc3c2=O)c1OCC(=O)O. The first-order valence-electron chi connectivity index (χ1n) is 10.9. The molecule has 0 atom stereocenters. The van der Waals surface area contributed by atoms with Crippen LogP contribution in [0.3, 0.4) is 0 Å². The van der Waals surface area contributed by atoms with Crippen LogP contribution < -0.4 is 15.0 Å². The number of carboxylic acids is 1. The molecule has 0 bridgehead atoms. The van der Waals surface area contributed by atoms with Crippen molar-refractivity contribution < 1.29 is 19.4 Å². The van der Waals surface area contributed by atoms with Crippen molar-refractivity contribution in [2.45, 2.75) is 38.0 Å². The van der Waals surface area contributed by atoms with E-state index in [9.17, 15) is 9.59 Å². The second kappa shape index (κ2) is 10.7. The Balaban J connectivity index is 1.86. The fourth-order valence-electron chi connectivity index (χ4n) is 4.15. The third-order valence-corrected chi connectivity index (χ3v) is 6.68. The third-order valence-electron chi connectivity index (χ3n) is 5.72.